The number of nitrogens with one attached hydrogen (secondary N) is 1. The molecule has 2 amide bonds. The number of halogens is 1. The average Bonchev–Trinajstić information content (AvgIpc) is 2.61. The van der Waals surface area contributed by atoms with Gasteiger partial charge in [0, 0.05) is 4.47 Å². The molecule has 0 aromatic heterocycles. The van der Waals surface area contributed by atoms with Crippen molar-refractivity contribution in [2.75, 3.05) is 4.90 Å². The maximum Gasteiger partial charge on any atom is 0.270 e. The summed E-state index contributed by atoms with van der Waals surface area (Å²) in [6.45, 7) is 3.89. The van der Waals surface area contributed by atoms with Crippen molar-refractivity contribution in [2.45, 2.75) is 20.0 Å². The second kappa shape index (κ2) is 8.02. The number of hydrogen-bond acceptors (Lipinski definition) is 4. The Morgan fingerprint density at radius 1 is 1.07 bits per heavy atom. The minimum atomic E-state index is -0.513. The van der Waals surface area contributed by atoms with E-state index in [-0.39, 0.29) is 16.8 Å². The van der Waals surface area contributed by atoms with Gasteiger partial charge >= 0.3 is 0 Å². The van der Waals surface area contributed by atoms with Crippen molar-refractivity contribution in [3.05, 3.63) is 64.1 Å². The van der Waals surface area contributed by atoms with Gasteiger partial charge in [-0.2, -0.15) is 0 Å². The van der Waals surface area contributed by atoms with E-state index in [0.717, 1.165) is 10.2 Å². The molecule has 0 unspecified atom stereocenters. The molecule has 3 rings (SSSR count). The number of nitrogens with zero attached hydrogens (tertiary/aromatic N) is 1. The standard InChI is InChI=1S/C20H17BrN2O3S/c1-12(2)26-16-9-3-13(4-10-16)11-17-18(24)22-20(27)23(19(17)25)15-7-5-14(21)6-8-15/h3-12H,1-2H3,(H,22,24,27)/b17-11+. The van der Waals surface area contributed by atoms with Crippen LogP contribution in [0.4, 0.5) is 5.69 Å². The fraction of sp³-hybridized carbons (Fsp3) is 0.150. The molecule has 27 heavy (non-hydrogen) atoms. The summed E-state index contributed by atoms with van der Waals surface area (Å²) in [5.41, 5.74) is 1.32. The molecule has 0 radical (unpaired) electrons. The summed E-state index contributed by atoms with van der Waals surface area (Å²) < 4.78 is 6.48. The van der Waals surface area contributed by atoms with Gasteiger partial charge in [-0.15, -0.1) is 0 Å². The van der Waals surface area contributed by atoms with E-state index in [1.165, 1.54) is 4.90 Å². The zero-order chi connectivity index (χ0) is 19.6. The second-order valence-corrected chi connectivity index (χ2v) is 7.47. The molecule has 1 heterocycles. The van der Waals surface area contributed by atoms with Crippen LogP contribution in [-0.4, -0.2) is 23.0 Å². The van der Waals surface area contributed by atoms with Crippen LogP contribution in [0.15, 0.2) is 58.6 Å². The molecule has 1 aliphatic rings. The highest BCUT2D eigenvalue weighted by Gasteiger charge is 2.34. The summed E-state index contributed by atoms with van der Waals surface area (Å²) in [4.78, 5) is 26.5. The number of hydrogen-bond donors (Lipinski definition) is 1. The fourth-order valence-corrected chi connectivity index (χ4v) is 3.11. The number of ether oxygens (including phenoxy) is 1. The molecule has 1 N–H and O–H groups in total. The Hall–Kier alpha value is -2.51. The SMILES string of the molecule is CC(C)Oc1ccc(/C=C2\C(=O)NC(=S)N(c3ccc(Br)cc3)C2=O)cc1. The van der Waals surface area contributed by atoms with Crippen LogP contribution < -0.4 is 15.0 Å². The molecule has 138 valence electrons. The molecular weight excluding hydrogens is 428 g/mol. The van der Waals surface area contributed by atoms with Crippen molar-refractivity contribution in [3.63, 3.8) is 0 Å². The normalized spacial score (nSPS) is 16.1. The van der Waals surface area contributed by atoms with Gasteiger partial charge in [0.1, 0.15) is 11.3 Å². The van der Waals surface area contributed by atoms with E-state index >= 15 is 0 Å². The number of amides is 2. The van der Waals surface area contributed by atoms with Crippen molar-refractivity contribution in [2.24, 2.45) is 0 Å². The lowest BCUT2D eigenvalue weighted by atomic mass is 10.1. The Balaban J connectivity index is 1.90. The van der Waals surface area contributed by atoms with E-state index in [2.05, 4.69) is 21.2 Å². The van der Waals surface area contributed by atoms with Gasteiger partial charge in [-0.05, 0) is 74.1 Å². The van der Waals surface area contributed by atoms with Crippen molar-refractivity contribution < 1.29 is 14.3 Å². The third-order valence-corrected chi connectivity index (χ3v) is 4.56. The van der Waals surface area contributed by atoms with Crippen molar-refractivity contribution in [1.82, 2.24) is 5.32 Å². The Bertz CT molecular complexity index is 921. The van der Waals surface area contributed by atoms with Crippen LogP contribution in [0.2, 0.25) is 0 Å². The first-order chi connectivity index (χ1) is 12.8. The van der Waals surface area contributed by atoms with Crippen LogP contribution >= 0.6 is 28.1 Å². The topological polar surface area (TPSA) is 58.6 Å². The summed E-state index contributed by atoms with van der Waals surface area (Å²) in [6.07, 6.45) is 1.62. The summed E-state index contributed by atoms with van der Waals surface area (Å²) in [6, 6.07) is 14.3. The second-order valence-electron chi connectivity index (χ2n) is 6.17. The Labute approximate surface area is 171 Å². The highest BCUT2D eigenvalue weighted by molar-refractivity contribution is 9.10. The van der Waals surface area contributed by atoms with Crippen LogP contribution in [0.1, 0.15) is 19.4 Å². The zero-order valence-corrected chi connectivity index (χ0v) is 17.1. The van der Waals surface area contributed by atoms with Crippen molar-refractivity contribution >= 4 is 56.8 Å². The molecule has 2 aromatic carbocycles. The van der Waals surface area contributed by atoms with Crippen LogP contribution in [0.3, 0.4) is 0 Å². The number of anilines is 1. The minimum Gasteiger partial charge on any atom is -0.491 e. The first-order valence-electron chi connectivity index (χ1n) is 8.29. The number of carbonyl (C=O) groups is 2. The first-order valence-corrected chi connectivity index (χ1v) is 9.49. The largest absolute Gasteiger partial charge is 0.491 e. The molecule has 0 saturated carbocycles. The van der Waals surface area contributed by atoms with Gasteiger partial charge in [-0.3, -0.25) is 19.8 Å². The molecular formula is C20H17BrN2O3S. The molecule has 5 nitrogen and oxygen atoms in total. The molecule has 0 atom stereocenters. The minimum absolute atomic E-state index is 0.0176. The molecule has 0 aliphatic carbocycles. The smallest absolute Gasteiger partial charge is 0.270 e. The molecule has 1 fully saturated rings. The predicted octanol–water partition coefficient (Wildman–Crippen LogP) is 4.07. The zero-order valence-electron chi connectivity index (χ0n) is 14.7. The van der Waals surface area contributed by atoms with E-state index in [0.29, 0.717) is 11.3 Å². The maximum atomic E-state index is 12.9. The lowest BCUT2D eigenvalue weighted by Gasteiger charge is -2.29. The number of rotatable bonds is 4. The molecule has 1 saturated heterocycles. The molecule has 7 heteroatoms. The lowest BCUT2D eigenvalue weighted by Crippen LogP contribution is -2.54. The maximum absolute atomic E-state index is 12.9. The van der Waals surface area contributed by atoms with E-state index in [4.69, 9.17) is 17.0 Å². The van der Waals surface area contributed by atoms with E-state index < -0.39 is 11.8 Å². The number of thiocarbonyl (C=S) groups is 1. The van der Waals surface area contributed by atoms with Gasteiger partial charge < -0.3 is 4.74 Å². The molecule has 1 aliphatic heterocycles. The van der Waals surface area contributed by atoms with Gasteiger partial charge in [0.2, 0.25) is 0 Å². The monoisotopic (exact) mass is 444 g/mol. The quantitative estimate of drug-likeness (QED) is 0.438. The highest BCUT2D eigenvalue weighted by atomic mass is 79.9. The Morgan fingerprint density at radius 2 is 1.70 bits per heavy atom. The van der Waals surface area contributed by atoms with E-state index in [1.54, 1.807) is 54.6 Å². The number of benzene rings is 2. The van der Waals surface area contributed by atoms with Gasteiger partial charge in [0.25, 0.3) is 11.8 Å². The summed E-state index contributed by atoms with van der Waals surface area (Å²) in [5.74, 6) is -0.251. The van der Waals surface area contributed by atoms with Gasteiger partial charge in [0.05, 0.1) is 11.8 Å². The fourth-order valence-electron chi connectivity index (χ4n) is 2.56. The van der Waals surface area contributed by atoms with Crippen LogP contribution in [-0.2, 0) is 9.59 Å². The molecule has 0 bridgehead atoms. The molecule has 2 aromatic rings. The third-order valence-electron chi connectivity index (χ3n) is 3.75. The Kier molecular flexibility index (Phi) is 5.72. The average molecular weight is 445 g/mol. The highest BCUT2D eigenvalue weighted by Crippen LogP contribution is 2.24. The Morgan fingerprint density at radius 3 is 2.30 bits per heavy atom. The first kappa shape index (κ1) is 19.3. The third kappa shape index (κ3) is 4.43. The predicted molar refractivity (Wildman–Crippen MR) is 113 cm³/mol. The summed E-state index contributed by atoms with van der Waals surface area (Å²) in [7, 11) is 0. The summed E-state index contributed by atoms with van der Waals surface area (Å²) >= 11 is 8.55. The van der Waals surface area contributed by atoms with Gasteiger partial charge in [0.15, 0.2) is 5.11 Å². The van der Waals surface area contributed by atoms with E-state index in [1.807, 2.05) is 13.8 Å². The molecule has 0 spiro atoms. The van der Waals surface area contributed by atoms with E-state index in [9.17, 15) is 9.59 Å². The van der Waals surface area contributed by atoms with Crippen molar-refractivity contribution in [3.8, 4) is 5.75 Å². The van der Waals surface area contributed by atoms with Crippen molar-refractivity contribution in [1.29, 1.82) is 0 Å². The van der Waals surface area contributed by atoms with Gasteiger partial charge in [-0.1, -0.05) is 28.1 Å². The van der Waals surface area contributed by atoms with Crippen LogP contribution in [0.5, 0.6) is 5.75 Å². The van der Waals surface area contributed by atoms with Crippen LogP contribution in [0.25, 0.3) is 6.08 Å². The van der Waals surface area contributed by atoms with Crippen LogP contribution in [0, 0.1) is 0 Å². The van der Waals surface area contributed by atoms with Gasteiger partial charge in [-0.25, -0.2) is 0 Å². The lowest BCUT2D eigenvalue weighted by molar-refractivity contribution is -0.122. The summed E-state index contributed by atoms with van der Waals surface area (Å²) in [5, 5.41) is 2.63. The number of carbonyl (C=O) groups excluding carboxylic acids is 2.